The fourth-order valence-electron chi connectivity index (χ4n) is 3.45. The Morgan fingerprint density at radius 1 is 1.17 bits per heavy atom. The van der Waals surface area contributed by atoms with Crippen molar-refractivity contribution >= 4 is 11.9 Å². The minimum absolute atomic E-state index is 0.198. The SMILES string of the molecule is C=CCO[C@@H]1CC[C@H]2[C@H]1OCCN2Cc1cccc(C)n1.O=C(O)C(F)(F)F.O=C(O)C(F)(F)F. The highest BCUT2D eigenvalue weighted by Gasteiger charge is 2.43. The molecule has 198 valence electrons. The molecule has 8 nitrogen and oxygen atoms in total. The normalized spacial score (nSPS) is 22.1. The Bertz CT molecular complexity index is 824. The van der Waals surface area contributed by atoms with E-state index in [0.717, 1.165) is 43.9 Å². The van der Waals surface area contributed by atoms with Gasteiger partial charge in [-0.15, -0.1) is 6.58 Å². The molecule has 3 rings (SSSR count). The van der Waals surface area contributed by atoms with Crippen LogP contribution in [0.1, 0.15) is 24.2 Å². The van der Waals surface area contributed by atoms with Gasteiger partial charge in [0.1, 0.15) is 0 Å². The molecule has 2 heterocycles. The summed E-state index contributed by atoms with van der Waals surface area (Å²) in [7, 11) is 0. The predicted octanol–water partition coefficient (Wildman–Crippen LogP) is 3.59. The van der Waals surface area contributed by atoms with Crippen molar-refractivity contribution in [3.63, 3.8) is 0 Å². The number of nitrogens with zero attached hydrogens (tertiary/aromatic N) is 2. The zero-order valence-electron chi connectivity index (χ0n) is 18.7. The molecule has 2 aliphatic rings. The monoisotopic (exact) mass is 516 g/mol. The highest BCUT2D eigenvalue weighted by atomic mass is 19.4. The van der Waals surface area contributed by atoms with E-state index in [9.17, 15) is 26.3 Å². The smallest absolute Gasteiger partial charge is 0.475 e. The van der Waals surface area contributed by atoms with Gasteiger partial charge < -0.3 is 19.7 Å². The molecular formula is C21H26F6N2O6. The van der Waals surface area contributed by atoms with E-state index in [2.05, 4.69) is 28.6 Å². The van der Waals surface area contributed by atoms with Crippen molar-refractivity contribution in [2.45, 2.75) is 56.9 Å². The molecule has 1 saturated heterocycles. The first kappa shape index (κ1) is 30.3. The lowest BCUT2D eigenvalue weighted by Crippen LogP contribution is -2.51. The highest BCUT2D eigenvalue weighted by molar-refractivity contribution is 5.73. The number of hydrogen-bond donors (Lipinski definition) is 2. The van der Waals surface area contributed by atoms with E-state index in [4.69, 9.17) is 29.3 Å². The van der Waals surface area contributed by atoms with Gasteiger partial charge >= 0.3 is 24.3 Å². The Labute approximate surface area is 197 Å². The minimum Gasteiger partial charge on any atom is -0.475 e. The van der Waals surface area contributed by atoms with Crippen LogP contribution >= 0.6 is 0 Å². The standard InChI is InChI=1S/C17H24N2O2.2C2HF3O2/c1-3-10-20-16-8-7-15-17(16)21-11-9-19(15)12-14-6-4-5-13(2)18-14;2*3-2(4,5)1(6)7/h3-6,15-17H,1,7-12H2,2H3;2*(H,6,7)/t15-,16+,17+;;/m0../s1. The van der Waals surface area contributed by atoms with Crippen LogP contribution in [0.4, 0.5) is 26.3 Å². The summed E-state index contributed by atoms with van der Waals surface area (Å²) >= 11 is 0. The topological polar surface area (TPSA) is 109 Å². The number of fused-ring (bicyclic) bond motifs is 1. The average molecular weight is 516 g/mol. The Morgan fingerprint density at radius 3 is 2.23 bits per heavy atom. The molecule has 0 bridgehead atoms. The lowest BCUT2D eigenvalue weighted by atomic mass is 10.1. The van der Waals surface area contributed by atoms with Crippen LogP contribution in [-0.2, 0) is 25.6 Å². The van der Waals surface area contributed by atoms with E-state index in [1.807, 2.05) is 19.1 Å². The van der Waals surface area contributed by atoms with Crippen molar-refractivity contribution in [2.75, 3.05) is 19.8 Å². The zero-order valence-corrected chi connectivity index (χ0v) is 18.7. The van der Waals surface area contributed by atoms with Gasteiger partial charge in [-0.2, -0.15) is 26.3 Å². The molecule has 1 aromatic heterocycles. The van der Waals surface area contributed by atoms with Crippen LogP contribution in [0.5, 0.6) is 0 Å². The molecular weight excluding hydrogens is 490 g/mol. The van der Waals surface area contributed by atoms with Gasteiger partial charge in [0.15, 0.2) is 0 Å². The number of carbonyl (C=O) groups is 2. The largest absolute Gasteiger partial charge is 0.490 e. The number of carboxylic acid groups (broad SMARTS) is 2. The summed E-state index contributed by atoms with van der Waals surface area (Å²) in [6, 6.07) is 6.69. The van der Waals surface area contributed by atoms with Crippen LogP contribution in [0.15, 0.2) is 30.9 Å². The van der Waals surface area contributed by atoms with Gasteiger partial charge in [0.05, 0.1) is 31.1 Å². The van der Waals surface area contributed by atoms with E-state index in [-0.39, 0.29) is 12.2 Å². The van der Waals surface area contributed by atoms with Gasteiger partial charge in [0.2, 0.25) is 0 Å². The number of morpholine rings is 1. The summed E-state index contributed by atoms with van der Waals surface area (Å²) in [5.74, 6) is -5.51. The number of hydrogen-bond acceptors (Lipinski definition) is 6. The van der Waals surface area contributed by atoms with Crippen LogP contribution < -0.4 is 0 Å². The van der Waals surface area contributed by atoms with Crippen molar-refractivity contribution in [1.29, 1.82) is 0 Å². The first-order valence-electron chi connectivity index (χ1n) is 10.3. The number of ether oxygens (including phenoxy) is 2. The summed E-state index contributed by atoms with van der Waals surface area (Å²) in [5.41, 5.74) is 2.22. The number of carboxylic acids is 2. The van der Waals surface area contributed by atoms with E-state index < -0.39 is 24.3 Å². The summed E-state index contributed by atoms with van der Waals surface area (Å²) < 4.78 is 75.3. The molecule has 0 spiro atoms. The zero-order chi connectivity index (χ0) is 26.8. The molecule has 0 amide bonds. The molecule has 0 radical (unpaired) electrons. The van der Waals surface area contributed by atoms with Crippen LogP contribution in [-0.4, -0.2) is 82.4 Å². The molecule has 2 fully saturated rings. The van der Waals surface area contributed by atoms with E-state index >= 15 is 0 Å². The number of halogens is 6. The second-order valence-corrected chi connectivity index (χ2v) is 7.49. The molecule has 0 aromatic carbocycles. The third kappa shape index (κ3) is 10.6. The molecule has 35 heavy (non-hydrogen) atoms. The number of aromatic nitrogens is 1. The highest BCUT2D eigenvalue weighted by Crippen LogP contribution is 2.32. The number of aryl methyl sites for hydroxylation is 1. The Hall–Kier alpha value is -2.71. The Morgan fingerprint density at radius 2 is 1.74 bits per heavy atom. The maximum Gasteiger partial charge on any atom is 0.490 e. The fourth-order valence-corrected chi connectivity index (χ4v) is 3.45. The third-order valence-corrected chi connectivity index (χ3v) is 4.87. The second kappa shape index (κ2) is 13.4. The van der Waals surface area contributed by atoms with Gasteiger partial charge in [-0.25, -0.2) is 9.59 Å². The number of pyridine rings is 1. The van der Waals surface area contributed by atoms with Gasteiger partial charge in [0, 0.05) is 24.8 Å². The molecule has 2 N–H and O–H groups in total. The van der Waals surface area contributed by atoms with Crippen molar-refractivity contribution in [2.24, 2.45) is 0 Å². The molecule has 1 saturated carbocycles. The van der Waals surface area contributed by atoms with Gasteiger partial charge in [-0.3, -0.25) is 9.88 Å². The van der Waals surface area contributed by atoms with Crippen molar-refractivity contribution < 1.29 is 55.6 Å². The maximum absolute atomic E-state index is 10.6. The molecule has 1 aromatic rings. The molecule has 0 unspecified atom stereocenters. The van der Waals surface area contributed by atoms with Crippen LogP contribution in [0.3, 0.4) is 0 Å². The van der Waals surface area contributed by atoms with Gasteiger partial charge in [-0.1, -0.05) is 12.1 Å². The van der Waals surface area contributed by atoms with Gasteiger partial charge in [-0.05, 0) is 31.9 Å². The van der Waals surface area contributed by atoms with Gasteiger partial charge in [0.25, 0.3) is 0 Å². The lowest BCUT2D eigenvalue weighted by Gasteiger charge is -2.38. The third-order valence-electron chi connectivity index (χ3n) is 4.87. The first-order valence-corrected chi connectivity index (χ1v) is 10.3. The van der Waals surface area contributed by atoms with Crippen LogP contribution in [0.25, 0.3) is 0 Å². The van der Waals surface area contributed by atoms with Crippen LogP contribution in [0, 0.1) is 6.92 Å². The summed E-state index contributed by atoms with van der Waals surface area (Å²) in [5, 5.41) is 14.2. The summed E-state index contributed by atoms with van der Waals surface area (Å²) in [6.45, 7) is 9.03. The first-order chi connectivity index (χ1) is 16.2. The summed E-state index contributed by atoms with van der Waals surface area (Å²) in [6.07, 6.45) is -5.74. The predicted molar refractivity (Wildman–Crippen MR) is 109 cm³/mol. The molecule has 14 heteroatoms. The molecule has 1 aliphatic carbocycles. The van der Waals surface area contributed by atoms with E-state index in [1.165, 1.54) is 0 Å². The average Bonchev–Trinajstić information content (AvgIpc) is 3.16. The number of rotatable bonds is 5. The lowest BCUT2D eigenvalue weighted by molar-refractivity contribution is -0.193. The number of alkyl halides is 6. The Balaban J connectivity index is 0.000000362. The van der Waals surface area contributed by atoms with Crippen molar-refractivity contribution in [3.05, 3.63) is 42.2 Å². The van der Waals surface area contributed by atoms with Crippen molar-refractivity contribution in [3.8, 4) is 0 Å². The molecule has 3 atom stereocenters. The number of aliphatic carboxylic acids is 2. The van der Waals surface area contributed by atoms with Crippen molar-refractivity contribution in [1.82, 2.24) is 9.88 Å². The maximum atomic E-state index is 10.6. The molecule has 1 aliphatic heterocycles. The second-order valence-electron chi connectivity index (χ2n) is 7.49. The summed E-state index contributed by atoms with van der Waals surface area (Å²) in [4.78, 5) is 24.9. The fraction of sp³-hybridized carbons (Fsp3) is 0.571. The van der Waals surface area contributed by atoms with E-state index in [1.54, 1.807) is 0 Å². The van der Waals surface area contributed by atoms with Crippen LogP contribution in [0.2, 0.25) is 0 Å². The van der Waals surface area contributed by atoms with E-state index in [0.29, 0.717) is 12.6 Å². The minimum atomic E-state index is -5.08. The quantitative estimate of drug-likeness (QED) is 0.452. The Kier molecular flexibility index (Phi) is 11.6.